The van der Waals surface area contributed by atoms with E-state index in [4.69, 9.17) is 19.1 Å². The van der Waals surface area contributed by atoms with Gasteiger partial charge in [-0.3, -0.25) is 4.68 Å². The van der Waals surface area contributed by atoms with E-state index >= 15 is 0 Å². The number of benzene rings is 3. The first-order valence-electron chi connectivity index (χ1n) is 13.3. The van der Waals surface area contributed by atoms with E-state index in [9.17, 15) is 0 Å². The van der Waals surface area contributed by atoms with E-state index in [0.717, 1.165) is 38.8 Å². The maximum atomic E-state index is 6.41. The Hall–Kier alpha value is -3.94. The van der Waals surface area contributed by atoms with Gasteiger partial charge in [-0.25, -0.2) is 4.98 Å². The van der Waals surface area contributed by atoms with Gasteiger partial charge in [-0.15, -0.1) is 0 Å². The molecule has 6 rings (SSSR count). The molecule has 6 nitrogen and oxygen atoms in total. The van der Waals surface area contributed by atoms with Crippen LogP contribution in [0, 0.1) is 0 Å². The molecule has 1 aliphatic heterocycles. The first-order chi connectivity index (χ1) is 18.7. The number of fused-ring (bicyclic) bond motifs is 1. The normalized spacial score (nSPS) is 16.2. The Morgan fingerprint density at radius 1 is 0.795 bits per heavy atom. The minimum atomic E-state index is -0.418. The van der Waals surface area contributed by atoms with Gasteiger partial charge in [0.15, 0.2) is 6.10 Å². The zero-order valence-electron chi connectivity index (χ0n) is 23.0. The monoisotopic (exact) mass is 517 g/mol. The van der Waals surface area contributed by atoms with E-state index in [-0.39, 0.29) is 17.3 Å². The number of aryl methyl sites for hydroxylation is 1. The van der Waals surface area contributed by atoms with Crippen molar-refractivity contribution < 1.29 is 14.0 Å². The quantitative estimate of drug-likeness (QED) is 0.255. The third-order valence-electron chi connectivity index (χ3n) is 7.85. The maximum Gasteiger partial charge on any atom is 0.494 e. The Kier molecular flexibility index (Phi) is 6.28. The van der Waals surface area contributed by atoms with Gasteiger partial charge in [-0.2, -0.15) is 5.10 Å². The van der Waals surface area contributed by atoms with Crippen molar-refractivity contribution >= 4 is 23.5 Å². The van der Waals surface area contributed by atoms with Crippen LogP contribution in [0.15, 0.2) is 97.2 Å². The molecule has 3 aromatic carbocycles. The highest BCUT2D eigenvalue weighted by Crippen LogP contribution is 2.37. The smallest absolute Gasteiger partial charge is 0.465 e. The molecule has 0 spiro atoms. The van der Waals surface area contributed by atoms with Crippen molar-refractivity contribution in [1.82, 2.24) is 14.8 Å². The van der Waals surface area contributed by atoms with Crippen LogP contribution in [0.3, 0.4) is 0 Å². The number of hydrogen-bond acceptors (Lipinski definition) is 5. The first-order valence-corrected chi connectivity index (χ1v) is 13.3. The standard InChI is InChI=1S/C32H32BN3O3/c1-31(2)32(3,4)39-33(38-31)25-17-18-26-27(20-25)36(5)35-29(26)24-16-19-28(34-21-24)37-30(22-12-8-6-9-13-22)23-14-10-7-11-15-23/h6-21,30H,1-5H3. The van der Waals surface area contributed by atoms with Gasteiger partial charge in [0.25, 0.3) is 0 Å². The van der Waals surface area contributed by atoms with Gasteiger partial charge in [-0.05, 0) is 56.4 Å². The van der Waals surface area contributed by atoms with E-state index < -0.39 is 7.12 Å². The van der Waals surface area contributed by atoms with Crippen LogP contribution >= 0.6 is 0 Å². The van der Waals surface area contributed by atoms with E-state index in [2.05, 4.69) is 75.1 Å². The van der Waals surface area contributed by atoms with Crippen LogP contribution in [0.1, 0.15) is 44.9 Å². The van der Waals surface area contributed by atoms with E-state index in [1.165, 1.54) is 0 Å². The highest BCUT2D eigenvalue weighted by atomic mass is 16.7. The average molecular weight is 517 g/mol. The molecule has 1 aliphatic rings. The van der Waals surface area contributed by atoms with Crippen LogP contribution in [0.4, 0.5) is 0 Å². The Morgan fingerprint density at radius 2 is 1.41 bits per heavy atom. The fourth-order valence-corrected chi connectivity index (χ4v) is 4.91. The van der Waals surface area contributed by atoms with Crippen LogP contribution in [-0.2, 0) is 16.4 Å². The van der Waals surface area contributed by atoms with Gasteiger partial charge in [-0.1, -0.05) is 72.8 Å². The molecule has 0 N–H and O–H groups in total. The van der Waals surface area contributed by atoms with Crippen LogP contribution < -0.4 is 10.2 Å². The lowest BCUT2D eigenvalue weighted by molar-refractivity contribution is 0.00578. The Bertz CT molecular complexity index is 1540. The molecule has 0 saturated carbocycles. The van der Waals surface area contributed by atoms with Crippen molar-refractivity contribution in [1.29, 1.82) is 0 Å². The zero-order valence-corrected chi connectivity index (χ0v) is 23.0. The summed E-state index contributed by atoms with van der Waals surface area (Å²) in [5, 5.41) is 5.87. The predicted octanol–water partition coefficient (Wildman–Crippen LogP) is 6.10. The molecule has 0 radical (unpaired) electrons. The molecule has 5 aromatic rings. The van der Waals surface area contributed by atoms with Crippen LogP contribution in [0.2, 0.25) is 0 Å². The highest BCUT2D eigenvalue weighted by molar-refractivity contribution is 6.62. The lowest BCUT2D eigenvalue weighted by atomic mass is 9.78. The summed E-state index contributed by atoms with van der Waals surface area (Å²) in [6, 6.07) is 30.6. The molecule has 39 heavy (non-hydrogen) atoms. The summed E-state index contributed by atoms with van der Waals surface area (Å²) in [6.07, 6.45) is 1.57. The van der Waals surface area contributed by atoms with E-state index in [0.29, 0.717) is 5.88 Å². The van der Waals surface area contributed by atoms with Gasteiger partial charge in [0, 0.05) is 30.3 Å². The molecule has 1 saturated heterocycles. The molecule has 2 aromatic heterocycles. The third-order valence-corrected chi connectivity index (χ3v) is 7.85. The largest absolute Gasteiger partial charge is 0.494 e. The van der Waals surface area contributed by atoms with E-state index in [1.807, 2.05) is 66.5 Å². The molecule has 0 aliphatic carbocycles. The minimum Gasteiger partial charge on any atom is -0.465 e. The summed E-state index contributed by atoms with van der Waals surface area (Å²) in [5.41, 5.74) is 5.14. The molecular formula is C32H32BN3O3. The summed E-state index contributed by atoms with van der Waals surface area (Å²) >= 11 is 0. The van der Waals surface area contributed by atoms with Crippen molar-refractivity contribution in [3.05, 3.63) is 108 Å². The van der Waals surface area contributed by atoms with Gasteiger partial charge < -0.3 is 14.0 Å². The molecule has 0 atom stereocenters. The van der Waals surface area contributed by atoms with Gasteiger partial charge in [0.05, 0.1) is 16.7 Å². The Labute approximate surface area is 229 Å². The van der Waals surface area contributed by atoms with Crippen molar-refractivity contribution in [2.75, 3.05) is 0 Å². The third kappa shape index (κ3) is 4.73. The molecule has 0 bridgehead atoms. The summed E-state index contributed by atoms with van der Waals surface area (Å²) in [7, 11) is 1.53. The molecular weight excluding hydrogens is 485 g/mol. The van der Waals surface area contributed by atoms with Crippen LogP contribution in [-0.4, -0.2) is 33.1 Å². The second kappa shape index (κ2) is 9.67. The summed E-state index contributed by atoms with van der Waals surface area (Å²) in [4.78, 5) is 4.66. The zero-order chi connectivity index (χ0) is 27.2. The first kappa shape index (κ1) is 25.3. The minimum absolute atomic E-state index is 0.255. The molecule has 0 amide bonds. The Balaban J connectivity index is 1.27. The maximum absolute atomic E-state index is 6.41. The van der Waals surface area contributed by atoms with Crippen molar-refractivity contribution in [2.24, 2.45) is 7.05 Å². The van der Waals surface area contributed by atoms with E-state index in [1.54, 1.807) is 0 Å². The van der Waals surface area contributed by atoms with Crippen molar-refractivity contribution in [3.8, 4) is 17.1 Å². The topological polar surface area (TPSA) is 58.4 Å². The lowest BCUT2D eigenvalue weighted by Crippen LogP contribution is -2.41. The van der Waals surface area contributed by atoms with Crippen molar-refractivity contribution in [3.63, 3.8) is 0 Å². The van der Waals surface area contributed by atoms with Crippen molar-refractivity contribution in [2.45, 2.75) is 45.0 Å². The van der Waals surface area contributed by atoms with Gasteiger partial charge >= 0.3 is 7.12 Å². The van der Waals surface area contributed by atoms with Gasteiger partial charge in [0.1, 0.15) is 5.69 Å². The number of ether oxygens (including phenoxy) is 1. The fourth-order valence-electron chi connectivity index (χ4n) is 4.91. The number of hydrogen-bond donors (Lipinski definition) is 0. The lowest BCUT2D eigenvalue weighted by Gasteiger charge is -2.32. The molecule has 0 unspecified atom stereocenters. The number of rotatable bonds is 6. The number of pyridine rings is 1. The molecule has 3 heterocycles. The van der Waals surface area contributed by atoms with Gasteiger partial charge in [0.2, 0.25) is 5.88 Å². The summed E-state index contributed by atoms with van der Waals surface area (Å²) in [6.45, 7) is 8.26. The van der Waals surface area contributed by atoms with Crippen LogP contribution in [0.5, 0.6) is 5.88 Å². The highest BCUT2D eigenvalue weighted by Gasteiger charge is 2.51. The summed E-state index contributed by atoms with van der Waals surface area (Å²) in [5.74, 6) is 0.555. The number of aromatic nitrogens is 3. The average Bonchev–Trinajstić information content (AvgIpc) is 3.39. The number of nitrogens with zero attached hydrogens (tertiary/aromatic N) is 3. The van der Waals surface area contributed by atoms with Crippen LogP contribution in [0.25, 0.3) is 22.2 Å². The predicted molar refractivity (Wildman–Crippen MR) is 155 cm³/mol. The second-order valence-electron chi connectivity index (χ2n) is 11.0. The second-order valence-corrected chi connectivity index (χ2v) is 11.0. The molecule has 196 valence electrons. The Morgan fingerprint density at radius 3 is 1.97 bits per heavy atom. The fraction of sp³-hybridized carbons (Fsp3) is 0.250. The SMILES string of the molecule is Cn1nc(-c2ccc(OC(c3ccccc3)c3ccccc3)nc2)c2ccc(B3OC(C)(C)C(C)(C)O3)cc21. The summed E-state index contributed by atoms with van der Waals surface area (Å²) < 4.78 is 20.8. The molecule has 1 fully saturated rings. The molecule has 7 heteroatoms.